The predicted octanol–water partition coefficient (Wildman–Crippen LogP) is -1.62. The molecule has 1 heterocycles. The van der Waals surface area contributed by atoms with Crippen molar-refractivity contribution in [1.29, 1.82) is 5.26 Å². The van der Waals surface area contributed by atoms with Gasteiger partial charge in [0, 0.05) is 0 Å². The Labute approximate surface area is 108 Å². The molecule has 0 saturated carbocycles. The second-order valence-electron chi connectivity index (χ2n) is 2.65. The number of hydrogen-bond donors (Lipinski definition) is 1. The molecule has 6 heteroatoms. The summed E-state index contributed by atoms with van der Waals surface area (Å²) < 4.78 is 0. The second-order valence-corrected chi connectivity index (χ2v) is 2.65. The Morgan fingerprint density at radius 3 is 2.80 bits per heavy atom. The number of fused-ring (bicyclic) bond motifs is 1. The summed E-state index contributed by atoms with van der Waals surface area (Å²) in [7, 11) is 0. The van der Waals surface area contributed by atoms with Crippen molar-refractivity contribution in [3.05, 3.63) is 35.3 Å². The van der Waals surface area contributed by atoms with Crippen LogP contribution < -0.4 is 29.6 Å². The average molecular weight is 208 g/mol. The van der Waals surface area contributed by atoms with Crippen LogP contribution in [0.25, 0.3) is 11.0 Å². The van der Waals surface area contributed by atoms with E-state index in [1.54, 1.807) is 12.1 Å². The van der Waals surface area contributed by atoms with Gasteiger partial charge in [0.15, 0.2) is 11.5 Å². The van der Waals surface area contributed by atoms with Crippen LogP contribution in [0, 0.1) is 16.5 Å². The molecule has 5 nitrogen and oxygen atoms in total. The first-order chi connectivity index (χ1) is 6.85. The zero-order valence-corrected chi connectivity index (χ0v) is 10.1. The van der Waals surface area contributed by atoms with Gasteiger partial charge in [0.2, 0.25) is 0 Å². The van der Waals surface area contributed by atoms with Gasteiger partial charge in [0.1, 0.15) is 6.07 Å². The first-order valence-electron chi connectivity index (χ1n) is 3.90. The van der Waals surface area contributed by atoms with Crippen molar-refractivity contribution in [3.8, 4) is 6.07 Å². The van der Waals surface area contributed by atoms with E-state index in [9.17, 15) is 5.21 Å². The number of H-pyrrole nitrogens is 1. The maximum Gasteiger partial charge on any atom is 1.00 e. The van der Waals surface area contributed by atoms with E-state index in [4.69, 9.17) is 5.26 Å². The molecule has 1 aromatic carbocycles. The number of aromatic nitrogens is 2. The van der Waals surface area contributed by atoms with Crippen LogP contribution in [0.3, 0.4) is 0 Å². The third-order valence-corrected chi connectivity index (χ3v) is 1.81. The number of para-hydroxylation sites is 2. The van der Waals surface area contributed by atoms with Gasteiger partial charge in [-0.15, -0.1) is 0 Å². The Morgan fingerprint density at radius 2 is 2.20 bits per heavy atom. The van der Waals surface area contributed by atoms with E-state index in [-0.39, 0.29) is 41.1 Å². The van der Waals surface area contributed by atoms with E-state index in [1.807, 2.05) is 18.2 Å². The van der Waals surface area contributed by atoms with Gasteiger partial charge in [-0.1, -0.05) is 12.1 Å². The molecule has 15 heavy (non-hydrogen) atoms. The van der Waals surface area contributed by atoms with Gasteiger partial charge in [-0.25, -0.2) is 4.98 Å². The number of aromatic amines is 1. The van der Waals surface area contributed by atoms with E-state index in [0.29, 0.717) is 5.52 Å². The summed E-state index contributed by atoms with van der Waals surface area (Å²) in [6.45, 7) is 0. The van der Waals surface area contributed by atoms with Crippen molar-refractivity contribution in [1.82, 2.24) is 9.97 Å². The SMILES string of the molecule is N#C/C(=N\[O-])c1nc2ccccc2[nH]1.[Na+]. The molecule has 0 atom stereocenters. The molecule has 2 rings (SSSR count). The van der Waals surface area contributed by atoms with E-state index in [0.717, 1.165) is 5.52 Å². The number of nitrogens with one attached hydrogen (secondary N) is 1. The topological polar surface area (TPSA) is 87.9 Å². The molecule has 1 aromatic heterocycles. The van der Waals surface area contributed by atoms with Crippen molar-refractivity contribution in [2.45, 2.75) is 0 Å². The molecule has 0 unspecified atom stereocenters. The van der Waals surface area contributed by atoms with E-state index in [2.05, 4.69) is 15.1 Å². The first kappa shape index (κ1) is 11.7. The van der Waals surface area contributed by atoms with Gasteiger partial charge in [-0.2, -0.15) is 5.26 Å². The Hall–Kier alpha value is -1.35. The summed E-state index contributed by atoms with van der Waals surface area (Å²) in [6.07, 6.45) is 0. The maximum absolute atomic E-state index is 10.2. The van der Waals surface area contributed by atoms with Gasteiger partial charge in [0.25, 0.3) is 0 Å². The molecular weight excluding hydrogens is 203 g/mol. The molecule has 0 bridgehead atoms. The summed E-state index contributed by atoms with van der Waals surface area (Å²) in [6, 6.07) is 8.94. The molecular formula is C9H5N4NaO. The minimum absolute atomic E-state index is 0. The zero-order chi connectivity index (χ0) is 9.97. The predicted molar refractivity (Wildman–Crippen MR) is 51.6 cm³/mol. The Balaban J connectivity index is 0.00000112. The molecule has 0 amide bonds. The smallest absolute Gasteiger partial charge is 0.791 e. The molecule has 0 saturated heterocycles. The number of nitriles is 1. The minimum Gasteiger partial charge on any atom is -0.791 e. The normalized spacial score (nSPS) is 10.7. The van der Waals surface area contributed by atoms with Crippen molar-refractivity contribution < 1.29 is 29.6 Å². The van der Waals surface area contributed by atoms with Crippen LogP contribution >= 0.6 is 0 Å². The number of hydrogen-bond acceptors (Lipinski definition) is 4. The maximum atomic E-state index is 10.2. The molecule has 0 spiro atoms. The average Bonchev–Trinajstić information content (AvgIpc) is 2.63. The first-order valence-corrected chi connectivity index (χ1v) is 3.90. The molecule has 1 N–H and O–H groups in total. The molecule has 0 aliphatic carbocycles. The largest absolute Gasteiger partial charge is 1.00 e. The van der Waals surface area contributed by atoms with Crippen LogP contribution in [0.4, 0.5) is 0 Å². The van der Waals surface area contributed by atoms with Gasteiger partial charge in [-0.05, 0) is 12.1 Å². The fourth-order valence-electron chi connectivity index (χ4n) is 1.18. The van der Waals surface area contributed by atoms with Gasteiger partial charge < -0.3 is 15.3 Å². The molecule has 0 aliphatic heterocycles. The standard InChI is InChI=1S/C9H6N4O.Na/c10-5-8(13-14)9-11-6-3-1-2-4-7(6)12-9;/h1-4,14H,(H,11,12);/q;+1/p-1/b13-8+;. The van der Waals surface area contributed by atoms with E-state index in [1.165, 1.54) is 0 Å². The zero-order valence-electron chi connectivity index (χ0n) is 8.06. The quantitative estimate of drug-likeness (QED) is 0.347. The molecule has 0 aliphatic rings. The summed E-state index contributed by atoms with van der Waals surface area (Å²) in [5.41, 5.74) is 1.25. The van der Waals surface area contributed by atoms with E-state index < -0.39 is 0 Å². The Morgan fingerprint density at radius 1 is 1.47 bits per heavy atom. The third kappa shape index (κ3) is 2.18. The van der Waals surface area contributed by atoms with Gasteiger partial charge >= 0.3 is 29.6 Å². The van der Waals surface area contributed by atoms with Crippen LogP contribution in [0.5, 0.6) is 0 Å². The van der Waals surface area contributed by atoms with Gasteiger partial charge in [-0.3, -0.25) is 0 Å². The fourth-order valence-corrected chi connectivity index (χ4v) is 1.18. The number of rotatable bonds is 1. The molecule has 2 aromatic rings. The number of nitrogens with zero attached hydrogens (tertiary/aromatic N) is 3. The van der Waals surface area contributed by atoms with Crippen molar-refractivity contribution in [2.75, 3.05) is 0 Å². The van der Waals surface area contributed by atoms with Crippen LogP contribution in [0.15, 0.2) is 29.4 Å². The van der Waals surface area contributed by atoms with Crippen LogP contribution in [-0.2, 0) is 0 Å². The van der Waals surface area contributed by atoms with Gasteiger partial charge in [0.05, 0.1) is 11.0 Å². The fraction of sp³-hybridized carbons (Fsp3) is 0. The van der Waals surface area contributed by atoms with E-state index >= 15 is 0 Å². The summed E-state index contributed by atoms with van der Waals surface area (Å²) in [5, 5.41) is 21.4. The van der Waals surface area contributed by atoms with Crippen LogP contribution in [0.2, 0.25) is 0 Å². The van der Waals surface area contributed by atoms with Crippen LogP contribution in [-0.4, -0.2) is 15.7 Å². The minimum atomic E-state index is -0.235. The molecule has 0 radical (unpaired) electrons. The van der Waals surface area contributed by atoms with Crippen molar-refractivity contribution in [2.24, 2.45) is 5.16 Å². The van der Waals surface area contributed by atoms with Crippen molar-refractivity contribution in [3.63, 3.8) is 0 Å². The second kappa shape index (κ2) is 4.94. The Bertz CT molecular complexity index is 507. The number of benzene rings is 1. The Kier molecular flexibility index (Phi) is 3.86. The van der Waals surface area contributed by atoms with Crippen LogP contribution in [0.1, 0.15) is 5.82 Å². The summed E-state index contributed by atoms with van der Waals surface area (Å²) >= 11 is 0. The van der Waals surface area contributed by atoms with Crippen molar-refractivity contribution >= 4 is 16.7 Å². The monoisotopic (exact) mass is 208 g/mol. The molecule has 68 valence electrons. The number of imidazole rings is 1. The summed E-state index contributed by atoms with van der Waals surface area (Å²) in [4.78, 5) is 6.88. The third-order valence-electron chi connectivity index (χ3n) is 1.81. The molecule has 0 fully saturated rings. The summed E-state index contributed by atoms with van der Waals surface area (Å²) in [5.74, 6) is 0.212.